The van der Waals surface area contributed by atoms with Gasteiger partial charge >= 0.3 is 29.6 Å². The number of fused-ring (bicyclic) bond motifs is 1. The summed E-state index contributed by atoms with van der Waals surface area (Å²) in [6.45, 7) is 0. The molecule has 0 amide bonds. The minimum Gasteiger partial charge on any atom is -0.299 e. The van der Waals surface area contributed by atoms with Crippen molar-refractivity contribution in [2.24, 2.45) is 0 Å². The molecule has 2 aromatic carbocycles. The quantitative estimate of drug-likeness (QED) is 0.573. The van der Waals surface area contributed by atoms with Gasteiger partial charge in [0.15, 0.2) is 0 Å². The second-order valence-corrected chi connectivity index (χ2v) is 3.44. The average molecular weight is 218 g/mol. The van der Waals surface area contributed by atoms with Crippen LogP contribution in [0.4, 0.5) is 0 Å². The van der Waals surface area contributed by atoms with Crippen LogP contribution in [0.1, 0.15) is 0 Å². The van der Waals surface area contributed by atoms with Crippen LogP contribution in [0.25, 0.3) is 16.7 Å². The number of hydrogen-bond acceptors (Lipinski definition) is 1. The van der Waals surface area contributed by atoms with Gasteiger partial charge in [-0.3, -0.25) is 4.57 Å². The van der Waals surface area contributed by atoms with Gasteiger partial charge in [0.25, 0.3) is 0 Å². The molecule has 0 aliphatic rings. The Hall–Kier alpha value is -1.09. The maximum atomic E-state index is 4.36. The summed E-state index contributed by atoms with van der Waals surface area (Å²) in [7, 11) is 0. The molecule has 3 heteroatoms. The van der Waals surface area contributed by atoms with Crippen LogP contribution in [-0.2, 0) is 0 Å². The molecule has 0 fully saturated rings. The number of benzene rings is 2. The van der Waals surface area contributed by atoms with E-state index in [1.165, 1.54) is 0 Å². The fraction of sp³-hybridized carbons (Fsp3) is 0. The van der Waals surface area contributed by atoms with Gasteiger partial charge in [-0.25, -0.2) is 4.98 Å². The van der Waals surface area contributed by atoms with Crippen LogP contribution in [0.3, 0.4) is 0 Å². The summed E-state index contributed by atoms with van der Waals surface area (Å²) in [4.78, 5) is 4.36. The fourth-order valence-corrected chi connectivity index (χ4v) is 1.75. The van der Waals surface area contributed by atoms with Crippen molar-refractivity contribution in [3.63, 3.8) is 0 Å². The van der Waals surface area contributed by atoms with Gasteiger partial charge in [0.1, 0.15) is 6.33 Å². The van der Waals surface area contributed by atoms with Crippen molar-refractivity contribution in [2.45, 2.75) is 0 Å². The first kappa shape index (κ1) is 11.4. The number of nitrogens with zero attached hydrogens (tertiary/aromatic N) is 2. The summed E-state index contributed by atoms with van der Waals surface area (Å²) in [5, 5.41) is 0. The van der Waals surface area contributed by atoms with Crippen molar-refractivity contribution in [2.75, 3.05) is 0 Å². The van der Waals surface area contributed by atoms with Gasteiger partial charge < -0.3 is 0 Å². The van der Waals surface area contributed by atoms with Crippen LogP contribution in [0.5, 0.6) is 0 Å². The number of imidazole rings is 1. The zero-order valence-electron chi connectivity index (χ0n) is 8.17. The number of hydrogen-bond donors (Lipinski definition) is 0. The molecule has 3 aromatic rings. The van der Waals surface area contributed by atoms with Crippen molar-refractivity contribution in [3.8, 4) is 5.69 Å². The van der Waals surface area contributed by atoms with Crippen LogP contribution < -0.4 is 0 Å². The van der Waals surface area contributed by atoms with Crippen LogP contribution in [0.15, 0.2) is 60.9 Å². The first-order valence-electron chi connectivity index (χ1n) is 4.93. The van der Waals surface area contributed by atoms with Gasteiger partial charge in [-0.05, 0) is 24.3 Å². The first-order chi connectivity index (χ1) is 7.45. The Morgan fingerprint density at radius 3 is 2.31 bits per heavy atom. The SMILES string of the molecule is [NaH].c1ccc(-n2cnc3ccccc32)cc1. The van der Waals surface area contributed by atoms with Crippen molar-refractivity contribution in [1.29, 1.82) is 0 Å². The van der Waals surface area contributed by atoms with Crippen LogP contribution >= 0.6 is 0 Å². The van der Waals surface area contributed by atoms with E-state index in [1.807, 2.05) is 42.7 Å². The van der Waals surface area contributed by atoms with E-state index in [-0.39, 0.29) is 29.6 Å². The van der Waals surface area contributed by atoms with Gasteiger partial charge in [0.05, 0.1) is 11.0 Å². The Kier molecular flexibility index (Phi) is 3.44. The first-order valence-corrected chi connectivity index (χ1v) is 4.93. The molecule has 74 valence electrons. The molecular weight excluding hydrogens is 207 g/mol. The molecule has 0 unspecified atom stereocenters. The molecule has 0 aliphatic heterocycles. The number of aromatic nitrogens is 2. The zero-order chi connectivity index (χ0) is 10.1. The maximum absolute atomic E-state index is 4.36. The molecule has 2 nitrogen and oxygen atoms in total. The largest absolute Gasteiger partial charge is 0.299 e. The van der Waals surface area contributed by atoms with E-state index < -0.39 is 0 Å². The number of rotatable bonds is 1. The van der Waals surface area contributed by atoms with Crippen LogP contribution in [-0.4, -0.2) is 39.1 Å². The van der Waals surface area contributed by atoms with Gasteiger partial charge in [0.2, 0.25) is 0 Å². The molecule has 0 aliphatic carbocycles. The van der Waals surface area contributed by atoms with Gasteiger partial charge in [-0.1, -0.05) is 30.3 Å². The Balaban J connectivity index is 0.000000963. The van der Waals surface area contributed by atoms with Gasteiger partial charge in [-0.2, -0.15) is 0 Å². The Bertz CT molecular complexity index is 587. The van der Waals surface area contributed by atoms with Gasteiger partial charge in [0, 0.05) is 5.69 Å². The minimum atomic E-state index is 0. The molecule has 1 heterocycles. The summed E-state index contributed by atoms with van der Waals surface area (Å²) in [5.74, 6) is 0. The zero-order valence-corrected chi connectivity index (χ0v) is 8.17. The third-order valence-corrected chi connectivity index (χ3v) is 2.49. The second-order valence-electron chi connectivity index (χ2n) is 3.44. The van der Waals surface area contributed by atoms with Crippen LogP contribution in [0, 0.1) is 0 Å². The molecule has 0 spiro atoms. The Morgan fingerprint density at radius 2 is 1.50 bits per heavy atom. The number of para-hydroxylation sites is 3. The molecule has 3 rings (SSSR count). The predicted octanol–water partition coefficient (Wildman–Crippen LogP) is 2.38. The van der Waals surface area contributed by atoms with Crippen molar-refractivity contribution in [1.82, 2.24) is 9.55 Å². The van der Waals surface area contributed by atoms with E-state index in [2.05, 4.69) is 27.8 Å². The summed E-state index contributed by atoms with van der Waals surface area (Å²) in [5.41, 5.74) is 3.32. The summed E-state index contributed by atoms with van der Waals surface area (Å²) in [6.07, 6.45) is 1.86. The van der Waals surface area contributed by atoms with E-state index in [4.69, 9.17) is 0 Å². The third kappa shape index (κ3) is 1.92. The van der Waals surface area contributed by atoms with Crippen molar-refractivity contribution >= 4 is 40.6 Å². The fourth-order valence-electron chi connectivity index (χ4n) is 1.75. The molecule has 0 N–H and O–H groups in total. The summed E-state index contributed by atoms with van der Waals surface area (Å²) < 4.78 is 2.09. The van der Waals surface area contributed by atoms with Crippen molar-refractivity contribution < 1.29 is 0 Å². The summed E-state index contributed by atoms with van der Waals surface area (Å²) >= 11 is 0. The molecule has 0 atom stereocenters. The summed E-state index contributed by atoms with van der Waals surface area (Å²) in [6, 6.07) is 18.4. The van der Waals surface area contributed by atoms with E-state index in [0.717, 1.165) is 16.7 Å². The molecule has 0 saturated heterocycles. The molecule has 0 bridgehead atoms. The Morgan fingerprint density at radius 1 is 0.812 bits per heavy atom. The Labute approximate surface area is 116 Å². The smallest absolute Gasteiger partial charge is 0.100 e. The second kappa shape index (κ2) is 4.83. The van der Waals surface area contributed by atoms with Gasteiger partial charge in [-0.15, -0.1) is 0 Å². The third-order valence-electron chi connectivity index (χ3n) is 2.49. The molecule has 1 aromatic heterocycles. The van der Waals surface area contributed by atoms with Crippen LogP contribution in [0.2, 0.25) is 0 Å². The molecule has 0 saturated carbocycles. The predicted molar refractivity (Wildman–Crippen MR) is 68.2 cm³/mol. The molecular formula is C13H11N2Na. The minimum absolute atomic E-state index is 0. The monoisotopic (exact) mass is 218 g/mol. The molecule has 16 heavy (non-hydrogen) atoms. The average Bonchev–Trinajstić information content (AvgIpc) is 2.74. The van der Waals surface area contributed by atoms with E-state index in [9.17, 15) is 0 Å². The molecule has 0 radical (unpaired) electrons. The standard InChI is InChI=1S/C13H10N2.Na.H/c1-2-6-11(7-3-1)15-10-14-12-8-4-5-9-13(12)15;;/h1-10H;;. The van der Waals surface area contributed by atoms with E-state index in [0.29, 0.717) is 0 Å². The van der Waals surface area contributed by atoms with Crippen molar-refractivity contribution in [3.05, 3.63) is 60.9 Å². The van der Waals surface area contributed by atoms with E-state index >= 15 is 0 Å². The maximum Gasteiger partial charge on any atom is 0.100 e. The van der Waals surface area contributed by atoms with E-state index in [1.54, 1.807) is 0 Å². The normalized spacial score (nSPS) is 10.0. The topological polar surface area (TPSA) is 17.8 Å².